The molecule has 0 unspecified atom stereocenters. The maximum absolute atomic E-state index is 11.7. The molecule has 7 nitrogen and oxygen atoms in total. The normalized spacial score (nSPS) is 10.9. The second kappa shape index (κ2) is 7.04. The van der Waals surface area contributed by atoms with Gasteiger partial charge in [0.25, 0.3) is 0 Å². The van der Waals surface area contributed by atoms with Crippen molar-refractivity contribution in [1.29, 1.82) is 5.26 Å². The number of rotatable bonds is 5. The van der Waals surface area contributed by atoms with Gasteiger partial charge in [-0.25, -0.2) is 14.4 Å². The van der Waals surface area contributed by atoms with Crippen LogP contribution in [0.25, 0.3) is 6.08 Å². The largest absolute Gasteiger partial charge is 0.478 e. The van der Waals surface area contributed by atoms with Crippen LogP contribution in [0.15, 0.2) is 23.8 Å². The molecule has 0 spiro atoms. The predicted molar refractivity (Wildman–Crippen MR) is 75.2 cm³/mol. The number of carbonyl (C=O) groups excluding carboxylic acids is 1. The SMILES string of the molecule is CC(C)OC(=O)/C(C#N)=C/c1cccc(C(=O)O)c1C(=O)O. The van der Waals surface area contributed by atoms with E-state index in [2.05, 4.69) is 0 Å². The van der Waals surface area contributed by atoms with Gasteiger partial charge in [-0.1, -0.05) is 12.1 Å². The molecule has 7 heteroatoms. The molecule has 0 aliphatic carbocycles. The van der Waals surface area contributed by atoms with Crippen molar-refractivity contribution < 1.29 is 29.3 Å². The number of nitrogens with zero attached hydrogens (tertiary/aromatic N) is 1. The van der Waals surface area contributed by atoms with Crippen molar-refractivity contribution in [3.05, 3.63) is 40.5 Å². The van der Waals surface area contributed by atoms with E-state index in [1.165, 1.54) is 12.1 Å². The Labute approximate surface area is 126 Å². The maximum atomic E-state index is 11.7. The quantitative estimate of drug-likeness (QED) is 0.483. The first-order valence-electron chi connectivity index (χ1n) is 6.20. The van der Waals surface area contributed by atoms with E-state index >= 15 is 0 Å². The second-order valence-corrected chi connectivity index (χ2v) is 4.50. The van der Waals surface area contributed by atoms with Crippen LogP contribution in [-0.2, 0) is 9.53 Å². The summed E-state index contributed by atoms with van der Waals surface area (Å²) in [6.45, 7) is 3.20. The smallest absolute Gasteiger partial charge is 0.349 e. The monoisotopic (exact) mass is 303 g/mol. The van der Waals surface area contributed by atoms with Gasteiger partial charge in [0.1, 0.15) is 11.6 Å². The molecule has 0 aromatic heterocycles. The van der Waals surface area contributed by atoms with Crippen molar-refractivity contribution in [2.24, 2.45) is 0 Å². The average molecular weight is 303 g/mol. The van der Waals surface area contributed by atoms with E-state index in [1.54, 1.807) is 19.9 Å². The molecule has 0 heterocycles. The summed E-state index contributed by atoms with van der Waals surface area (Å²) in [5, 5.41) is 27.2. The fraction of sp³-hybridized carbons (Fsp3) is 0.200. The Morgan fingerprint density at radius 2 is 1.86 bits per heavy atom. The van der Waals surface area contributed by atoms with Crippen molar-refractivity contribution in [3.63, 3.8) is 0 Å². The summed E-state index contributed by atoms with van der Waals surface area (Å²) in [5.74, 6) is -3.80. The molecule has 2 N–H and O–H groups in total. The van der Waals surface area contributed by atoms with Crippen molar-refractivity contribution in [1.82, 2.24) is 0 Å². The van der Waals surface area contributed by atoms with Crippen LogP contribution in [0.4, 0.5) is 0 Å². The highest BCUT2D eigenvalue weighted by atomic mass is 16.5. The third kappa shape index (κ3) is 3.93. The van der Waals surface area contributed by atoms with Gasteiger partial charge in [-0.2, -0.15) is 5.26 Å². The van der Waals surface area contributed by atoms with Crippen LogP contribution in [0, 0.1) is 11.3 Å². The number of aromatic carboxylic acids is 2. The van der Waals surface area contributed by atoms with Crippen LogP contribution in [0.2, 0.25) is 0 Å². The zero-order chi connectivity index (χ0) is 16.9. The number of carboxylic acids is 2. The van der Waals surface area contributed by atoms with Gasteiger partial charge in [-0.3, -0.25) is 0 Å². The van der Waals surface area contributed by atoms with E-state index in [-0.39, 0.29) is 5.56 Å². The number of benzene rings is 1. The lowest BCUT2D eigenvalue weighted by molar-refractivity contribution is -0.142. The van der Waals surface area contributed by atoms with Gasteiger partial charge < -0.3 is 14.9 Å². The fourth-order valence-corrected chi connectivity index (χ4v) is 1.68. The Balaban J connectivity index is 3.43. The van der Waals surface area contributed by atoms with Crippen molar-refractivity contribution in [3.8, 4) is 6.07 Å². The molecule has 0 amide bonds. The lowest BCUT2D eigenvalue weighted by Gasteiger charge is -2.08. The molecular formula is C15H13NO6. The number of carboxylic acid groups (broad SMARTS) is 2. The van der Waals surface area contributed by atoms with Gasteiger partial charge in [-0.05, 0) is 31.6 Å². The molecule has 0 fully saturated rings. The highest BCUT2D eigenvalue weighted by molar-refractivity contribution is 6.06. The van der Waals surface area contributed by atoms with Crippen molar-refractivity contribution in [2.45, 2.75) is 20.0 Å². The second-order valence-electron chi connectivity index (χ2n) is 4.50. The molecule has 0 radical (unpaired) electrons. The van der Waals surface area contributed by atoms with Crippen LogP contribution in [0.1, 0.15) is 40.1 Å². The first-order valence-corrected chi connectivity index (χ1v) is 6.20. The van der Waals surface area contributed by atoms with Crippen molar-refractivity contribution in [2.75, 3.05) is 0 Å². The Kier molecular flexibility index (Phi) is 5.41. The van der Waals surface area contributed by atoms with Crippen LogP contribution >= 0.6 is 0 Å². The Hall–Kier alpha value is -3.14. The summed E-state index contributed by atoms with van der Waals surface area (Å²) >= 11 is 0. The highest BCUT2D eigenvalue weighted by Crippen LogP contribution is 2.19. The first-order chi connectivity index (χ1) is 10.3. The molecule has 1 aromatic carbocycles. The number of hydrogen-bond donors (Lipinski definition) is 2. The predicted octanol–water partition coefficient (Wildman–Crippen LogP) is 1.94. The summed E-state index contributed by atoms with van der Waals surface area (Å²) in [5.41, 5.74) is -1.42. The number of ether oxygens (including phenoxy) is 1. The Morgan fingerprint density at radius 3 is 2.32 bits per heavy atom. The third-order valence-corrected chi connectivity index (χ3v) is 2.52. The van der Waals surface area contributed by atoms with E-state index < -0.39 is 40.7 Å². The fourth-order valence-electron chi connectivity index (χ4n) is 1.68. The van der Waals surface area contributed by atoms with Gasteiger partial charge in [0.05, 0.1) is 17.2 Å². The Bertz CT molecular complexity index is 696. The Morgan fingerprint density at radius 1 is 1.23 bits per heavy atom. The topological polar surface area (TPSA) is 125 Å². The van der Waals surface area contributed by atoms with E-state index in [4.69, 9.17) is 15.1 Å². The zero-order valence-corrected chi connectivity index (χ0v) is 11.9. The summed E-state index contributed by atoms with van der Waals surface area (Å²) in [6, 6.07) is 5.37. The standard InChI is InChI=1S/C15H13NO6/c1-8(2)22-15(21)10(7-16)6-9-4-3-5-11(13(17)18)12(9)14(19)20/h3-6,8H,1-2H3,(H,17,18)(H,19,20)/b10-6+. The number of nitriles is 1. The minimum atomic E-state index is -1.47. The molecule has 22 heavy (non-hydrogen) atoms. The van der Waals surface area contributed by atoms with Crippen LogP contribution in [0.3, 0.4) is 0 Å². The number of carbonyl (C=O) groups is 3. The zero-order valence-electron chi connectivity index (χ0n) is 11.9. The van der Waals surface area contributed by atoms with E-state index in [1.807, 2.05) is 0 Å². The van der Waals surface area contributed by atoms with Gasteiger partial charge in [-0.15, -0.1) is 0 Å². The molecule has 0 aliphatic rings. The van der Waals surface area contributed by atoms with Crippen LogP contribution in [-0.4, -0.2) is 34.2 Å². The molecule has 0 saturated carbocycles. The highest BCUT2D eigenvalue weighted by Gasteiger charge is 2.20. The number of esters is 1. The number of hydrogen-bond acceptors (Lipinski definition) is 5. The maximum Gasteiger partial charge on any atom is 0.349 e. The molecule has 1 rings (SSSR count). The molecule has 1 aromatic rings. The van der Waals surface area contributed by atoms with Crippen LogP contribution in [0.5, 0.6) is 0 Å². The van der Waals surface area contributed by atoms with E-state index in [0.717, 1.165) is 12.1 Å². The molecule has 114 valence electrons. The van der Waals surface area contributed by atoms with Crippen LogP contribution < -0.4 is 0 Å². The summed E-state index contributed by atoms with van der Waals surface area (Å²) in [7, 11) is 0. The summed E-state index contributed by atoms with van der Waals surface area (Å²) < 4.78 is 4.86. The molecule has 0 bridgehead atoms. The summed E-state index contributed by atoms with van der Waals surface area (Å²) in [6.07, 6.45) is 0.550. The molecule has 0 aliphatic heterocycles. The van der Waals surface area contributed by atoms with Gasteiger partial charge in [0.2, 0.25) is 0 Å². The third-order valence-electron chi connectivity index (χ3n) is 2.52. The molecule has 0 atom stereocenters. The lowest BCUT2D eigenvalue weighted by Crippen LogP contribution is -2.14. The van der Waals surface area contributed by atoms with E-state index in [0.29, 0.717) is 0 Å². The summed E-state index contributed by atoms with van der Waals surface area (Å²) in [4.78, 5) is 34.1. The molecular weight excluding hydrogens is 290 g/mol. The minimum absolute atomic E-state index is 0.0651. The lowest BCUT2D eigenvalue weighted by atomic mass is 9.99. The van der Waals surface area contributed by atoms with E-state index in [9.17, 15) is 19.5 Å². The van der Waals surface area contributed by atoms with Gasteiger partial charge in [0.15, 0.2) is 0 Å². The first kappa shape index (κ1) is 16.9. The van der Waals surface area contributed by atoms with Crippen molar-refractivity contribution >= 4 is 24.0 Å². The minimum Gasteiger partial charge on any atom is -0.478 e. The van der Waals surface area contributed by atoms with Gasteiger partial charge >= 0.3 is 17.9 Å². The average Bonchev–Trinajstić information content (AvgIpc) is 2.42. The molecule has 0 saturated heterocycles. The van der Waals surface area contributed by atoms with Gasteiger partial charge in [0, 0.05) is 0 Å².